The van der Waals surface area contributed by atoms with E-state index in [1.807, 2.05) is 13.8 Å². The lowest BCUT2D eigenvalue weighted by Gasteiger charge is -1.98. The molecule has 0 saturated heterocycles. The second-order valence-corrected chi connectivity index (χ2v) is 4.58. The summed E-state index contributed by atoms with van der Waals surface area (Å²) in [6.45, 7) is 3.66. The van der Waals surface area contributed by atoms with Crippen molar-refractivity contribution in [1.29, 1.82) is 0 Å². The molecule has 0 spiro atoms. The summed E-state index contributed by atoms with van der Waals surface area (Å²) < 4.78 is 4.42. The van der Waals surface area contributed by atoms with Gasteiger partial charge < -0.3 is 9.84 Å². The molecule has 1 aliphatic carbocycles. The van der Waals surface area contributed by atoms with Crippen molar-refractivity contribution >= 4 is 23.5 Å². The highest BCUT2D eigenvalue weighted by molar-refractivity contribution is 6.41. The van der Waals surface area contributed by atoms with E-state index >= 15 is 0 Å². The van der Waals surface area contributed by atoms with Crippen LogP contribution in [0.2, 0.25) is 0 Å². The molecule has 0 amide bonds. The molecule has 4 nitrogen and oxygen atoms in total. The smallest absolute Gasteiger partial charge is 0.349 e. The number of hydrogen-bond donors (Lipinski definition) is 1. The molecule has 1 saturated carbocycles. The van der Waals surface area contributed by atoms with Gasteiger partial charge in [-0.2, -0.15) is 0 Å². The molecule has 1 rings (SSSR count). The average molecular weight is 233 g/mol. The van der Waals surface area contributed by atoms with Gasteiger partial charge in [-0.1, -0.05) is 31.5 Å². The number of esters is 1. The zero-order valence-corrected chi connectivity index (χ0v) is 9.54. The highest BCUT2D eigenvalue weighted by Crippen LogP contribution is 2.59. The lowest BCUT2D eigenvalue weighted by molar-refractivity contribution is -0.139. The van der Waals surface area contributed by atoms with Gasteiger partial charge >= 0.3 is 11.9 Å². The fourth-order valence-corrected chi connectivity index (χ4v) is 2.00. The molecule has 1 N–H and O–H groups in total. The largest absolute Gasteiger partial charge is 0.481 e. The molecule has 0 aromatic rings. The molecule has 0 aliphatic heterocycles. The summed E-state index contributed by atoms with van der Waals surface area (Å²) in [7, 11) is 1.23. The van der Waals surface area contributed by atoms with Crippen LogP contribution < -0.4 is 0 Å². The van der Waals surface area contributed by atoms with Gasteiger partial charge in [-0.15, -0.1) is 0 Å². The minimum atomic E-state index is -0.865. The van der Waals surface area contributed by atoms with Crippen molar-refractivity contribution in [3.05, 3.63) is 11.1 Å². The third-order valence-electron chi connectivity index (χ3n) is 2.88. The highest BCUT2D eigenvalue weighted by Gasteiger charge is 2.61. The Morgan fingerprint density at radius 2 is 2.00 bits per heavy atom. The molecule has 1 aliphatic rings. The first-order chi connectivity index (χ1) is 6.82. The highest BCUT2D eigenvalue weighted by atomic mass is 35.5. The average Bonchev–Trinajstić information content (AvgIpc) is 2.66. The van der Waals surface area contributed by atoms with Gasteiger partial charge in [-0.25, -0.2) is 4.79 Å². The summed E-state index contributed by atoms with van der Waals surface area (Å²) in [5, 5.41) is 8.82. The van der Waals surface area contributed by atoms with Gasteiger partial charge in [0.25, 0.3) is 0 Å². The third-order valence-corrected chi connectivity index (χ3v) is 3.16. The molecular weight excluding hydrogens is 220 g/mol. The standard InChI is InChI=1S/C10H13ClO4/c1-10(2)5(7(10)8(12)13)4-6(11)9(14)15-3/h4-5,7H,1-3H3,(H,12,13)/b6-4+/t5-,7-/m0/s1. The Hall–Kier alpha value is -1.03. The van der Waals surface area contributed by atoms with E-state index in [0.717, 1.165) is 0 Å². The summed E-state index contributed by atoms with van der Waals surface area (Å²) in [5.41, 5.74) is -0.347. The van der Waals surface area contributed by atoms with Crippen LogP contribution in [0.15, 0.2) is 11.1 Å². The van der Waals surface area contributed by atoms with Crippen LogP contribution in [0.3, 0.4) is 0 Å². The number of carbonyl (C=O) groups excluding carboxylic acids is 1. The minimum absolute atomic E-state index is 0.0562. The number of ether oxygens (including phenoxy) is 1. The van der Waals surface area contributed by atoms with E-state index in [-0.39, 0.29) is 16.4 Å². The van der Waals surface area contributed by atoms with Crippen molar-refractivity contribution in [3.63, 3.8) is 0 Å². The number of rotatable bonds is 3. The molecule has 2 atom stereocenters. The Morgan fingerprint density at radius 1 is 1.47 bits per heavy atom. The predicted molar refractivity (Wildman–Crippen MR) is 54.3 cm³/mol. The first-order valence-electron chi connectivity index (χ1n) is 4.50. The first-order valence-corrected chi connectivity index (χ1v) is 4.88. The van der Waals surface area contributed by atoms with Crippen molar-refractivity contribution in [3.8, 4) is 0 Å². The van der Waals surface area contributed by atoms with Crippen molar-refractivity contribution in [1.82, 2.24) is 0 Å². The van der Waals surface area contributed by atoms with Gasteiger partial charge in [0.2, 0.25) is 0 Å². The normalized spacial score (nSPS) is 28.4. The maximum Gasteiger partial charge on any atom is 0.349 e. The monoisotopic (exact) mass is 232 g/mol. The summed E-state index contributed by atoms with van der Waals surface area (Å²) in [6, 6.07) is 0. The van der Waals surface area contributed by atoms with E-state index < -0.39 is 17.9 Å². The van der Waals surface area contributed by atoms with Crippen LogP contribution in [0.4, 0.5) is 0 Å². The van der Waals surface area contributed by atoms with E-state index in [9.17, 15) is 9.59 Å². The van der Waals surface area contributed by atoms with Crippen molar-refractivity contribution in [2.24, 2.45) is 17.3 Å². The van der Waals surface area contributed by atoms with E-state index in [1.165, 1.54) is 13.2 Å². The number of carboxylic acid groups (broad SMARTS) is 1. The van der Waals surface area contributed by atoms with Crippen LogP contribution in [0.1, 0.15) is 13.8 Å². The molecular formula is C10H13ClO4. The number of halogens is 1. The molecule has 0 radical (unpaired) electrons. The maximum absolute atomic E-state index is 11.0. The molecule has 0 unspecified atom stereocenters. The predicted octanol–water partition coefficient (Wildman–Crippen LogP) is 1.64. The Balaban J connectivity index is 2.78. The zero-order chi connectivity index (χ0) is 11.8. The second-order valence-electron chi connectivity index (χ2n) is 4.17. The van der Waals surface area contributed by atoms with Crippen LogP contribution in [0.25, 0.3) is 0 Å². The van der Waals surface area contributed by atoms with E-state index in [0.29, 0.717) is 0 Å². The van der Waals surface area contributed by atoms with Gasteiger partial charge in [0.1, 0.15) is 5.03 Å². The molecule has 0 aromatic carbocycles. The molecule has 1 fully saturated rings. The molecule has 0 heterocycles. The Labute approximate surface area is 92.9 Å². The van der Waals surface area contributed by atoms with Gasteiger partial charge in [0.15, 0.2) is 0 Å². The van der Waals surface area contributed by atoms with Gasteiger partial charge in [-0.3, -0.25) is 4.79 Å². The minimum Gasteiger partial charge on any atom is -0.481 e. The molecule has 15 heavy (non-hydrogen) atoms. The van der Waals surface area contributed by atoms with E-state index in [2.05, 4.69) is 4.74 Å². The lowest BCUT2D eigenvalue weighted by atomic mass is 10.1. The second kappa shape index (κ2) is 3.85. The van der Waals surface area contributed by atoms with E-state index in [1.54, 1.807) is 0 Å². The van der Waals surface area contributed by atoms with Gasteiger partial charge in [0.05, 0.1) is 13.0 Å². The topological polar surface area (TPSA) is 63.6 Å². The van der Waals surface area contributed by atoms with Crippen LogP contribution in [-0.2, 0) is 14.3 Å². The fraction of sp³-hybridized carbons (Fsp3) is 0.600. The summed E-state index contributed by atoms with van der Waals surface area (Å²) in [6.07, 6.45) is 1.46. The molecule has 84 valence electrons. The van der Waals surface area contributed by atoms with Crippen molar-refractivity contribution < 1.29 is 19.4 Å². The first kappa shape index (κ1) is 12.0. The number of aliphatic carboxylic acids is 1. The molecule has 5 heteroatoms. The number of methoxy groups -OCH3 is 1. The van der Waals surface area contributed by atoms with Crippen LogP contribution in [0, 0.1) is 17.3 Å². The Bertz CT molecular complexity index is 332. The van der Waals surface area contributed by atoms with Crippen molar-refractivity contribution in [2.75, 3.05) is 7.11 Å². The maximum atomic E-state index is 11.0. The summed E-state index contributed by atoms with van der Waals surface area (Å²) in [4.78, 5) is 21.8. The third kappa shape index (κ3) is 2.15. The van der Waals surface area contributed by atoms with E-state index in [4.69, 9.17) is 16.7 Å². The SMILES string of the molecule is COC(=O)/C(Cl)=C\[C@H]1[C@@H](C(=O)O)C1(C)C. The zero-order valence-electron chi connectivity index (χ0n) is 8.78. The lowest BCUT2D eigenvalue weighted by Crippen LogP contribution is -2.03. The Morgan fingerprint density at radius 3 is 2.33 bits per heavy atom. The summed E-state index contributed by atoms with van der Waals surface area (Å²) in [5.74, 6) is -2.18. The number of hydrogen-bond acceptors (Lipinski definition) is 3. The number of carboxylic acids is 1. The van der Waals surface area contributed by atoms with Crippen molar-refractivity contribution in [2.45, 2.75) is 13.8 Å². The fourth-order valence-electron chi connectivity index (χ4n) is 1.78. The Kier molecular flexibility index (Phi) is 3.09. The van der Waals surface area contributed by atoms with Crippen LogP contribution in [0.5, 0.6) is 0 Å². The number of carbonyl (C=O) groups is 2. The molecule has 0 aromatic heterocycles. The number of allylic oxidation sites excluding steroid dienone is 1. The van der Waals surface area contributed by atoms with Crippen LogP contribution in [-0.4, -0.2) is 24.2 Å². The quantitative estimate of drug-likeness (QED) is 0.594. The van der Waals surface area contributed by atoms with Gasteiger partial charge in [0, 0.05) is 0 Å². The van der Waals surface area contributed by atoms with Crippen LogP contribution >= 0.6 is 11.6 Å². The summed E-state index contributed by atoms with van der Waals surface area (Å²) >= 11 is 5.66. The molecule has 0 bridgehead atoms. The van der Waals surface area contributed by atoms with Gasteiger partial charge in [-0.05, 0) is 11.3 Å².